The Hall–Kier alpha value is -3.53. The van der Waals surface area contributed by atoms with Crippen LogP contribution < -0.4 is 24.5 Å². The van der Waals surface area contributed by atoms with Crippen molar-refractivity contribution < 1.29 is 19.0 Å². The molecule has 2 aromatic rings. The van der Waals surface area contributed by atoms with Gasteiger partial charge in [-0.3, -0.25) is 9.59 Å². The molecule has 260 valence electrons. The molecule has 0 N–H and O–H groups in total. The van der Waals surface area contributed by atoms with Gasteiger partial charge < -0.3 is 19.1 Å². The zero-order chi connectivity index (χ0) is 34.1. The number of ether oxygens (including phenoxy) is 3. The molecule has 0 spiro atoms. The average molecular weight is 649 g/mol. The molecular weight excluding hydrogens is 588 g/mol. The fourth-order valence-corrected chi connectivity index (χ4v) is 5.45. The molecule has 7 nitrogen and oxygen atoms in total. The summed E-state index contributed by atoms with van der Waals surface area (Å²) in [6.45, 7) is 8.22. The molecule has 0 saturated heterocycles. The number of benzene rings is 1. The van der Waals surface area contributed by atoms with Crippen molar-refractivity contribution in [3.8, 4) is 23.3 Å². The van der Waals surface area contributed by atoms with Gasteiger partial charge in [0.05, 0.1) is 37.1 Å². The molecule has 0 saturated carbocycles. The lowest BCUT2D eigenvalue weighted by molar-refractivity contribution is 0.0991. The van der Waals surface area contributed by atoms with Gasteiger partial charge in [-0.05, 0) is 55.7 Å². The highest BCUT2D eigenvalue weighted by Crippen LogP contribution is 2.40. The molecule has 2 rings (SSSR count). The van der Waals surface area contributed by atoms with Gasteiger partial charge in [-0.1, -0.05) is 117 Å². The van der Waals surface area contributed by atoms with Gasteiger partial charge in [-0.25, -0.2) is 0 Å². The first-order chi connectivity index (χ1) is 23.0. The summed E-state index contributed by atoms with van der Waals surface area (Å²) in [5, 5.41) is 9.28. The van der Waals surface area contributed by atoms with Crippen LogP contribution in [-0.4, -0.2) is 32.8 Å². The molecule has 1 amide bonds. The number of carbonyl (C=O) groups excluding carboxylic acids is 1. The summed E-state index contributed by atoms with van der Waals surface area (Å²) in [4.78, 5) is 28.0. The van der Waals surface area contributed by atoms with Gasteiger partial charge >= 0.3 is 0 Å². The van der Waals surface area contributed by atoms with Crippen molar-refractivity contribution in [3.05, 3.63) is 57.7 Å². The van der Waals surface area contributed by atoms with Gasteiger partial charge in [0, 0.05) is 12.6 Å². The molecule has 47 heavy (non-hydrogen) atoms. The second-order valence-electron chi connectivity index (χ2n) is 12.5. The van der Waals surface area contributed by atoms with E-state index in [2.05, 4.69) is 20.8 Å². The van der Waals surface area contributed by atoms with Crippen molar-refractivity contribution in [1.82, 2.24) is 0 Å². The number of nitrogens with zero attached hydrogens (tertiary/aromatic N) is 2. The van der Waals surface area contributed by atoms with E-state index in [0.717, 1.165) is 38.5 Å². The number of rotatable bonds is 26. The smallest absolute Gasteiger partial charge is 0.258 e. The second kappa shape index (κ2) is 24.6. The molecule has 2 aromatic carbocycles. The first-order valence-corrected chi connectivity index (χ1v) is 18.4. The maximum atomic E-state index is 13.9. The van der Waals surface area contributed by atoms with E-state index in [0.29, 0.717) is 48.2 Å². The summed E-state index contributed by atoms with van der Waals surface area (Å²) < 4.78 is 19.1. The lowest BCUT2D eigenvalue weighted by Gasteiger charge is -2.21. The third-order valence-corrected chi connectivity index (χ3v) is 8.41. The Morgan fingerprint density at radius 2 is 1.06 bits per heavy atom. The zero-order valence-electron chi connectivity index (χ0n) is 29.7. The number of carbonyl (C=O) groups is 1. The normalized spacial score (nSPS) is 10.8. The molecule has 0 aliphatic rings. The highest BCUT2D eigenvalue weighted by Gasteiger charge is 2.22. The van der Waals surface area contributed by atoms with Crippen molar-refractivity contribution >= 4 is 11.6 Å². The van der Waals surface area contributed by atoms with Gasteiger partial charge in [0.15, 0.2) is 11.5 Å². The van der Waals surface area contributed by atoms with E-state index >= 15 is 0 Å². The molecule has 0 aliphatic carbocycles. The van der Waals surface area contributed by atoms with Gasteiger partial charge in [0.25, 0.3) is 5.91 Å². The summed E-state index contributed by atoms with van der Waals surface area (Å²) in [7, 11) is 1.57. The zero-order valence-corrected chi connectivity index (χ0v) is 29.7. The molecule has 0 unspecified atom stereocenters. The van der Waals surface area contributed by atoms with E-state index in [1.807, 2.05) is 6.07 Å². The van der Waals surface area contributed by atoms with E-state index < -0.39 is 0 Å². The van der Waals surface area contributed by atoms with Crippen molar-refractivity contribution in [1.29, 1.82) is 5.26 Å². The number of unbranched alkanes of at least 4 members (excludes halogenated alkanes) is 15. The second-order valence-corrected chi connectivity index (χ2v) is 12.5. The van der Waals surface area contributed by atoms with Gasteiger partial charge in [-0.15, -0.1) is 0 Å². The van der Waals surface area contributed by atoms with Crippen molar-refractivity contribution in [2.75, 3.05) is 31.8 Å². The summed E-state index contributed by atoms with van der Waals surface area (Å²) in [5.41, 5.74) is 0.530. The molecule has 0 bridgehead atoms. The van der Waals surface area contributed by atoms with E-state index in [-0.39, 0.29) is 17.0 Å². The number of hydrogen-bond acceptors (Lipinski definition) is 6. The van der Waals surface area contributed by atoms with Crippen LogP contribution in [0.3, 0.4) is 0 Å². The number of anilines is 1. The quantitative estimate of drug-likeness (QED) is 0.0943. The Kier molecular flexibility index (Phi) is 20.8. The predicted octanol–water partition coefficient (Wildman–Crippen LogP) is 10.4. The van der Waals surface area contributed by atoms with Crippen molar-refractivity contribution in [3.63, 3.8) is 0 Å². The minimum atomic E-state index is -0.372. The topological polar surface area (TPSA) is 88.9 Å². The minimum Gasteiger partial charge on any atom is -0.490 e. The van der Waals surface area contributed by atoms with Crippen LogP contribution in [0.15, 0.2) is 41.2 Å². The number of hydrogen-bond donors (Lipinski definition) is 0. The predicted molar refractivity (Wildman–Crippen MR) is 193 cm³/mol. The van der Waals surface area contributed by atoms with Crippen LogP contribution in [0.2, 0.25) is 0 Å². The molecule has 0 heterocycles. The maximum absolute atomic E-state index is 13.9. The summed E-state index contributed by atoms with van der Waals surface area (Å²) >= 11 is 0. The van der Waals surface area contributed by atoms with Gasteiger partial charge in [-0.2, -0.15) is 5.26 Å². The van der Waals surface area contributed by atoms with E-state index in [1.54, 1.807) is 25.2 Å². The third-order valence-electron chi connectivity index (χ3n) is 8.41. The SMILES string of the molecule is CCCCCCCCOc1cc(C(=O)N(C)c2ccc(C#N)ccc2=O)cc(OCCCCCCCC)c1OCCCCCCCC. The minimum absolute atomic E-state index is 0.184. The number of amides is 1. The van der Waals surface area contributed by atoms with Crippen LogP contribution in [0.5, 0.6) is 17.2 Å². The maximum Gasteiger partial charge on any atom is 0.258 e. The molecule has 0 fully saturated rings. The van der Waals surface area contributed by atoms with Crippen LogP contribution in [0.1, 0.15) is 152 Å². The lowest BCUT2D eigenvalue weighted by atomic mass is 10.1. The fourth-order valence-electron chi connectivity index (χ4n) is 5.45. The summed E-state index contributed by atoms with van der Waals surface area (Å²) in [5.74, 6) is 1.16. The van der Waals surface area contributed by atoms with E-state index in [9.17, 15) is 14.9 Å². The molecule has 0 aliphatic heterocycles. The Bertz CT molecular complexity index is 1230. The molecule has 0 aromatic heterocycles. The Morgan fingerprint density at radius 1 is 0.638 bits per heavy atom. The monoisotopic (exact) mass is 648 g/mol. The third kappa shape index (κ3) is 15.3. The van der Waals surface area contributed by atoms with E-state index in [1.165, 1.54) is 100 Å². The molecule has 0 atom stereocenters. The highest BCUT2D eigenvalue weighted by molar-refractivity contribution is 6.06. The first-order valence-electron chi connectivity index (χ1n) is 18.4. The van der Waals surface area contributed by atoms with Crippen molar-refractivity contribution in [2.45, 2.75) is 136 Å². The van der Waals surface area contributed by atoms with Crippen LogP contribution in [-0.2, 0) is 0 Å². The molecular formula is C40H60N2O5. The molecule has 0 radical (unpaired) electrons. The molecule has 7 heteroatoms. The van der Waals surface area contributed by atoms with Gasteiger partial charge in [0.2, 0.25) is 11.2 Å². The van der Waals surface area contributed by atoms with Crippen molar-refractivity contribution in [2.24, 2.45) is 0 Å². The Balaban J connectivity index is 2.35. The van der Waals surface area contributed by atoms with Gasteiger partial charge in [0.1, 0.15) is 0 Å². The standard InChI is InChI=1S/C40H60N2O5/c1-5-8-11-14-17-20-27-45-37-30-34(40(44)42(4)35-25-23-33(32-41)24-26-36(35)43)31-38(46-28-21-18-15-12-9-6-2)39(37)47-29-22-19-16-13-10-7-3/h23-26,30-31H,5-22,27-29H2,1-4H3. The summed E-state index contributed by atoms with van der Waals surface area (Å²) in [6.07, 6.45) is 20.6. The largest absolute Gasteiger partial charge is 0.490 e. The average Bonchev–Trinajstić information content (AvgIpc) is 3.27. The van der Waals surface area contributed by atoms with Crippen LogP contribution in [0, 0.1) is 11.3 Å². The van der Waals surface area contributed by atoms with E-state index in [4.69, 9.17) is 14.2 Å². The first kappa shape index (κ1) is 39.6. The Morgan fingerprint density at radius 3 is 1.53 bits per heavy atom. The lowest BCUT2D eigenvalue weighted by Crippen LogP contribution is -2.29. The Labute approximate surface area is 284 Å². The fraction of sp³-hybridized carbons (Fsp3) is 0.625. The highest BCUT2D eigenvalue weighted by atomic mass is 16.5. The summed E-state index contributed by atoms with van der Waals surface area (Å²) in [6, 6.07) is 11.3. The van der Waals surface area contributed by atoms with Crippen LogP contribution in [0.4, 0.5) is 5.69 Å². The number of nitriles is 1. The van der Waals surface area contributed by atoms with Crippen LogP contribution in [0.25, 0.3) is 0 Å². The van der Waals surface area contributed by atoms with Crippen LogP contribution >= 0.6 is 0 Å².